The number of rotatable bonds is 7. The van der Waals surface area contributed by atoms with Crippen molar-refractivity contribution in [1.29, 1.82) is 0 Å². The van der Waals surface area contributed by atoms with E-state index in [0.29, 0.717) is 0 Å². The molecule has 1 aliphatic heterocycles. The molecule has 1 saturated heterocycles. The Balaban J connectivity index is 1.77. The molecule has 0 spiro atoms. The van der Waals surface area contributed by atoms with E-state index >= 15 is 0 Å². The Labute approximate surface area is 124 Å². The van der Waals surface area contributed by atoms with Crippen molar-refractivity contribution in [3.05, 3.63) is 35.4 Å². The van der Waals surface area contributed by atoms with Gasteiger partial charge in [0.15, 0.2) is 0 Å². The van der Waals surface area contributed by atoms with Gasteiger partial charge in [0.1, 0.15) is 0 Å². The van der Waals surface area contributed by atoms with Crippen molar-refractivity contribution < 1.29 is 0 Å². The summed E-state index contributed by atoms with van der Waals surface area (Å²) in [6, 6.07) is 9.10. The van der Waals surface area contributed by atoms with Crippen LogP contribution in [0.15, 0.2) is 24.3 Å². The maximum Gasteiger partial charge on any atom is 0.0230 e. The van der Waals surface area contributed by atoms with Gasteiger partial charge < -0.3 is 15.1 Å². The molecule has 1 unspecified atom stereocenters. The Hall–Kier alpha value is -0.900. The molecule has 1 aromatic carbocycles. The molecule has 1 fully saturated rings. The van der Waals surface area contributed by atoms with Crippen molar-refractivity contribution in [3.8, 4) is 0 Å². The third-order valence-corrected chi connectivity index (χ3v) is 4.20. The molecular weight excluding hydrogens is 246 g/mol. The summed E-state index contributed by atoms with van der Waals surface area (Å²) in [5.41, 5.74) is 2.84. The van der Waals surface area contributed by atoms with Crippen molar-refractivity contribution in [2.24, 2.45) is 5.92 Å². The standard InChI is InChI=1S/C17H29N3/c1-18-10-8-15-4-6-16(7-5-15)12-20(3)14-17-9-11-19(2)13-17/h4-7,17-18H,8-14H2,1-3H3. The predicted molar refractivity (Wildman–Crippen MR) is 86.0 cm³/mol. The molecule has 0 aliphatic carbocycles. The summed E-state index contributed by atoms with van der Waals surface area (Å²) >= 11 is 0. The van der Waals surface area contributed by atoms with E-state index in [0.717, 1.165) is 25.4 Å². The second-order valence-electron chi connectivity index (χ2n) is 6.28. The van der Waals surface area contributed by atoms with Gasteiger partial charge in [-0.15, -0.1) is 0 Å². The van der Waals surface area contributed by atoms with Gasteiger partial charge in [-0.25, -0.2) is 0 Å². The Morgan fingerprint density at radius 1 is 1.25 bits per heavy atom. The van der Waals surface area contributed by atoms with E-state index in [2.05, 4.69) is 53.5 Å². The Morgan fingerprint density at radius 3 is 2.55 bits per heavy atom. The highest BCUT2D eigenvalue weighted by Crippen LogP contribution is 2.16. The van der Waals surface area contributed by atoms with E-state index in [1.54, 1.807) is 0 Å². The summed E-state index contributed by atoms with van der Waals surface area (Å²) in [6.45, 7) is 5.85. The quantitative estimate of drug-likeness (QED) is 0.819. The topological polar surface area (TPSA) is 18.5 Å². The zero-order valence-corrected chi connectivity index (χ0v) is 13.2. The molecule has 0 saturated carbocycles. The van der Waals surface area contributed by atoms with Crippen LogP contribution in [0.3, 0.4) is 0 Å². The van der Waals surface area contributed by atoms with Crippen molar-refractivity contribution in [2.45, 2.75) is 19.4 Å². The van der Waals surface area contributed by atoms with E-state index in [-0.39, 0.29) is 0 Å². The molecule has 0 aromatic heterocycles. The summed E-state index contributed by atoms with van der Waals surface area (Å²) in [7, 11) is 6.47. The number of hydrogen-bond donors (Lipinski definition) is 1. The molecule has 3 nitrogen and oxygen atoms in total. The van der Waals surface area contributed by atoms with E-state index in [1.165, 1.54) is 37.2 Å². The number of nitrogens with one attached hydrogen (secondary N) is 1. The van der Waals surface area contributed by atoms with Gasteiger partial charge in [0.2, 0.25) is 0 Å². The van der Waals surface area contributed by atoms with E-state index in [9.17, 15) is 0 Å². The Kier molecular flexibility index (Phi) is 6.02. The van der Waals surface area contributed by atoms with Crippen molar-refractivity contribution in [1.82, 2.24) is 15.1 Å². The first kappa shape index (κ1) is 15.5. The molecule has 20 heavy (non-hydrogen) atoms. The van der Waals surface area contributed by atoms with Gasteiger partial charge in [-0.3, -0.25) is 0 Å². The highest BCUT2D eigenvalue weighted by Gasteiger charge is 2.20. The van der Waals surface area contributed by atoms with Crippen LogP contribution in [0.5, 0.6) is 0 Å². The molecule has 1 N–H and O–H groups in total. The van der Waals surface area contributed by atoms with Crippen LogP contribution in [0.25, 0.3) is 0 Å². The number of nitrogens with zero attached hydrogens (tertiary/aromatic N) is 2. The van der Waals surface area contributed by atoms with Crippen molar-refractivity contribution in [3.63, 3.8) is 0 Å². The van der Waals surface area contributed by atoms with Gasteiger partial charge in [0, 0.05) is 19.6 Å². The van der Waals surface area contributed by atoms with Crippen LogP contribution in [0.4, 0.5) is 0 Å². The maximum atomic E-state index is 3.19. The molecular formula is C17H29N3. The zero-order chi connectivity index (χ0) is 14.4. The van der Waals surface area contributed by atoms with Crippen LogP contribution in [-0.4, -0.2) is 57.1 Å². The first-order chi connectivity index (χ1) is 9.67. The van der Waals surface area contributed by atoms with Crippen LogP contribution in [0, 0.1) is 5.92 Å². The first-order valence-electron chi connectivity index (χ1n) is 7.77. The lowest BCUT2D eigenvalue weighted by molar-refractivity contribution is 0.267. The van der Waals surface area contributed by atoms with Gasteiger partial charge in [-0.05, 0) is 64.1 Å². The summed E-state index contributed by atoms with van der Waals surface area (Å²) in [5.74, 6) is 0.847. The maximum absolute atomic E-state index is 3.19. The van der Waals surface area contributed by atoms with Crippen LogP contribution in [0.1, 0.15) is 17.5 Å². The molecule has 3 heteroatoms. The molecule has 112 valence electrons. The summed E-state index contributed by atoms with van der Waals surface area (Å²) < 4.78 is 0. The summed E-state index contributed by atoms with van der Waals surface area (Å²) in [5, 5.41) is 3.19. The molecule has 0 radical (unpaired) electrons. The van der Waals surface area contributed by atoms with E-state index < -0.39 is 0 Å². The fourth-order valence-corrected chi connectivity index (χ4v) is 3.07. The average molecular weight is 275 g/mol. The minimum Gasteiger partial charge on any atom is -0.319 e. The van der Waals surface area contributed by atoms with Gasteiger partial charge in [-0.1, -0.05) is 24.3 Å². The molecule has 1 aromatic rings. The number of likely N-dealkylation sites (tertiary alicyclic amines) is 1. The van der Waals surface area contributed by atoms with Crippen LogP contribution in [-0.2, 0) is 13.0 Å². The molecule has 1 atom stereocenters. The monoisotopic (exact) mass is 275 g/mol. The molecule has 0 bridgehead atoms. The Morgan fingerprint density at radius 2 is 1.95 bits per heavy atom. The average Bonchev–Trinajstić information content (AvgIpc) is 2.83. The highest BCUT2D eigenvalue weighted by atomic mass is 15.1. The lowest BCUT2D eigenvalue weighted by atomic mass is 10.1. The lowest BCUT2D eigenvalue weighted by Crippen LogP contribution is -2.27. The third kappa shape index (κ3) is 4.89. The third-order valence-electron chi connectivity index (χ3n) is 4.20. The van der Waals surface area contributed by atoms with Gasteiger partial charge in [0.05, 0.1) is 0 Å². The lowest BCUT2D eigenvalue weighted by Gasteiger charge is -2.21. The first-order valence-corrected chi connectivity index (χ1v) is 7.77. The molecule has 2 rings (SSSR count). The minimum atomic E-state index is 0.847. The van der Waals surface area contributed by atoms with Crippen LogP contribution in [0.2, 0.25) is 0 Å². The van der Waals surface area contributed by atoms with E-state index in [1.807, 2.05) is 7.05 Å². The SMILES string of the molecule is CNCCc1ccc(CN(C)CC2CCN(C)C2)cc1. The number of benzene rings is 1. The second-order valence-corrected chi connectivity index (χ2v) is 6.28. The van der Waals surface area contributed by atoms with Gasteiger partial charge in [-0.2, -0.15) is 0 Å². The minimum absolute atomic E-state index is 0.847. The molecule has 1 heterocycles. The van der Waals surface area contributed by atoms with Gasteiger partial charge >= 0.3 is 0 Å². The number of likely N-dealkylation sites (N-methyl/N-ethyl adjacent to an activating group) is 1. The molecule has 0 amide bonds. The van der Waals surface area contributed by atoms with Crippen molar-refractivity contribution in [2.75, 3.05) is 47.3 Å². The normalized spacial score (nSPS) is 19.9. The van der Waals surface area contributed by atoms with E-state index in [4.69, 9.17) is 0 Å². The van der Waals surface area contributed by atoms with Crippen LogP contribution >= 0.6 is 0 Å². The predicted octanol–water partition coefficient (Wildman–Crippen LogP) is 1.83. The second kappa shape index (κ2) is 7.77. The van der Waals surface area contributed by atoms with Crippen LogP contribution < -0.4 is 5.32 Å². The largest absolute Gasteiger partial charge is 0.319 e. The zero-order valence-electron chi connectivity index (χ0n) is 13.2. The highest BCUT2D eigenvalue weighted by molar-refractivity contribution is 5.22. The van der Waals surface area contributed by atoms with Gasteiger partial charge in [0.25, 0.3) is 0 Å². The number of hydrogen-bond acceptors (Lipinski definition) is 3. The summed E-state index contributed by atoms with van der Waals surface area (Å²) in [6.07, 6.45) is 2.46. The fraction of sp³-hybridized carbons (Fsp3) is 0.647. The van der Waals surface area contributed by atoms with Crippen molar-refractivity contribution >= 4 is 0 Å². The fourth-order valence-electron chi connectivity index (χ4n) is 3.07. The summed E-state index contributed by atoms with van der Waals surface area (Å²) in [4.78, 5) is 4.90. The smallest absolute Gasteiger partial charge is 0.0230 e. The Bertz CT molecular complexity index is 388. The molecule has 1 aliphatic rings.